The van der Waals surface area contributed by atoms with Gasteiger partial charge in [-0.1, -0.05) is 30.3 Å². The van der Waals surface area contributed by atoms with Gasteiger partial charge in [-0.2, -0.15) is 0 Å². The summed E-state index contributed by atoms with van der Waals surface area (Å²) in [7, 11) is 0. The van der Waals surface area contributed by atoms with Crippen LogP contribution < -0.4 is 56.5 Å². The van der Waals surface area contributed by atoms with E-state index in [1.165, 1.54) is 0 Å². The van der Waals surface area contributed by atoms with Gasteiger partial charge in [0.25, 0.3) is 0 Å². The van der Waals surface area contributed by atoms with Crippen LogP contribution >= 0.6 is 0 Å². The molecule has 1 aromatic carbocycles. The Labute approximate surface area is 131 Å². The first-order valence-electron chi connectivity index (χ1n) is 4.42. The van der Waals surface area contributed by atoms with Crippen LogP contribution in [-0.2, 0) is 16.0 Å². The van der Waals surface area contributed by atoms with Gasteiger partial charge in [0.15, 0.2) is 0 Å². The molecule has 0 aromatic heterocycles. The van der Waals surface area contributed by atoms with Crippen molar-refractivity contribution in [2.75, 3.05) is 0 Å². The number of carboxylic acid groups (broad SMARTS) is 1. The van der Waals surface area contributed by atoms with Gasteiger partial charge in [0.2, 0.25) is 0 Å². The number of carbonyl (C=O) groups is 2. The molecule has 0 unspecified atom stereocenters. The Hall–Kier alpha value is -0.00364. The fourth-order valence-electron chi connectivity index (χ4n) is 1.28. The molecule has 0 aliphatic rings. The second-order valence-electron chi connectivity index (χ2n) is 3.11. The van der Waals surface area contributed by atoms with Gasteiger partial charge in [-0.25, -0.2) is 0 Å². The Kier molecular flexibility index (Phi) is 8.18. The zero-order chi connectivity index (χ0) is 10.4. The third-order valence-electron chi connectivity index (χ3n) is 2.04. The minimum atomic E-state index is -1.17. The molecular weight excluding hydrogens is 219 g/mol. The molecule has 0 saturated heterocycles. The number of aliphatic carboxylic acids is 1. The monoisotopic (exact) mass is 230 g/mol. The quantitative estimate of drug-likeness (QED) is 0.405. The van der Waals surface area contributed by atoms with Crippen molar-refractivity contribution in [3.05, 3.63) is 35.9 Å². The van der Waals surface area contributed by atoms with Crippen LogP contribution in [0.15, 0.2) is 30.3 Å². The van der Waals surface area contributed by atoms with E-state index in [1.54, 1.807) is 0 Å². The molecule has 1 rings (SSSR count). The van der Waals surface area contributed by atoms with E-state index in [2.05, 4.69) is 0 Å². The molecule has 0 bridgehead atoms. The summed E-state index contributed by atoms with van der Waals surface area (Å²) in [5, 5.41) is 10.6. The molecule has 0 aliphatic heterocycles. The van der Waals surface area contributed by atoms with Gasteiger partial charge in [-0.15, -0.1) is 0 Å². The molecule has 74 valence electrons. The SMILES string of the molecule is O=CC[C@H](Cc1ccccc1)C(=O)[O-].[K+]. The Balaban J connectivity index is 0.00000196. The maximum absolute atomic E-state index is 10.6. The third-order valence-corrected chi connectivity index (χ3v) is 2.04. The molecule has 0 heterocycles. The van der Waals surface area contributed by atoms with Gasteiger partial charge in [0, 0.05) is 18.3 Å². The first-order valence-corrected chi connectivity index (χ1v) is 4.42. The molecule has 1 aromatic rings. The van der Waals surface area contributed by atoms with Crippen LogP contribution in [0.5, 0.6) is 0 Å². The predicted molar refractivity (Wildman–Crippen MR) is 49.3 cm³/mol. The van der Waals surface area contributed by atoms with E-state index < -0.39 is 11.9 Å². The molecule has 0 spiro atoms. The van der Waals surface area contributed by atoms with Gasteiger partial charge in [-0.05, 0) is 12.0 Å². The van der Waals surface area contributed by atoms with Crippen molar-refractivity contribution in [3.8, 4) is 0 Å². The van der Waals surface area contributed by atoms with Gasteiger partial charge in [0.1, 0.15) is 6.29 Å². The summed E-state index contributed by atoms with van der Waals surface area (Å²) in [6.07, 6.45) is 0.975. The van der Waals surface area contributed by atoms with Crippen LogP contribution in [0.3, 0.4) is 0 Å². The van der Waals surface area contributed by atoms with Crippen molar-refractivity contribution < 1.29 is 66.1 Å². The van der Waals surface area contributed by atoms with Crippen LogP contribution in [0.25, 0.3) is 0 Å². The number of benzene rings is 1. The second kappa shape index (κ2) is 8.18. The average Bonchev–Trinajstić information content (AvgIpc) is 2.18. The molecule has 0 amide bonds. The van der Waals surface area contributed by atoms with Crippen LogP contribution in [0.2, 0.25) is 0 Å². The van der Waals surface area contributed by atoms with Gasteiger partial charge in [-0.3, -0.25) is 0 Å². The minimum absolute atomic E-state index is 0. The summed E-state index contributed by atoms with van der Waals surface area (Å²) >= 11 is 0. The summed E-state index contributed by atoms with van der Waals surface area (Å²) in [6, 6.07) is 9.20. The molecule has 15 heavy (non-hydrogen) atoms. The largest absolute Gasteiger partial charge is 1.00 e. The van der Waals surface area contributed by atoms with E-state index in [1.807, 2.05) is 30.3 Å². The van der Waals surface area contributed by atoms with E-state index in [0.717, 1.165) is 5.56 Å². The molecule has 0 fully saturated rings. The topological polar surface area (TPSA) is 57.2 Å². The van der Waals surface area contributed by atoms with Crippen molar-refractivity contribution in [2.24, 2.45) is 5.92 Å². The van der Waals surface area contributed by atoms with Crippen molar-refractivity contribution in [2.45, 2.75) is 12.8 Å². The molecule has 0 radical (unpaired) electrons. The molecule has 3 nitrogen and oxygen atoms in total. The summed E-state index contributed by atoms with van der Waals surface area (Å²) < 4.78 is 0. The normalized spacial score (nSPS) is 11.2. The summed E-state index contributed by atoms with van der Waals surface area (Å²) in [4.78, 5) is 20.8. The predicted octanol–water partition coefficient (Wildman–Crippen LogP) is -2.81. The van der Waals surface area contributed by atoms with E-state index in [9.17, 15) is 14.7 Å². The molecule has 1 atom stereocenters. The fraction of sp³-hybridized carbons (Fsp3) is 0.273. The summed E-state index contributed by atoms with van der Waals surface area (Å²) in [5.74, 6) is -1.88. The van der Waals surface area contributed by atoms with Crippen molar-refractivity contribution in [3.63, 3.8) is 0 Å². The molecular formula is C11H11KO3. The first kappa shape index (κ1) is 15.0. The third kappa shape index (κ3) is 5.58. The van der Waals surface area contributed by atoms with E-state index >= 15 is 0 Å². The maximum atomic E-state index is 10.6. The number of hydrogen-bond acceptors (Lipinski definition) is 3. The van der Waals surface area contributed by atoms with Crippen LogP contribution in [0, 0.1) is 5.92 Å². The van der Waals surface area contributed by atoms with Crippen LogP contribution in [0.4, 0.5) is 0 Å². The first-order chi connectivity index (χ1) is 6.74. The Bertz CT molecular complexity index is 311. The number of carboxylic acids is 1. The number of hydrogen-bond donors (Lipinski definition) is 0. The van der Waals surface area contributed by atoms with Crippen molar-refractivity contribution in [1.82, 2.24) is 0 Å². The van der Waals surface area contributed by atoms with Crippen LogP contribution in [0.1, 0.15) is 12.0 Å². The van der Waals surface area contributed by atoms with E-state index in [4.69, 9.17) is 0 Å². The van der Waals surface area contributed by atoms with Gasteiger partial charge < -0.3 is 14.7 Å². The number of rotatable bonds is 5. The number of aldehydes is 1. The molecule has 0 saturated carbocycles. The second-order valence-corrected chi connectivity index (χ2v) is 3.11. The van der Waals surface area contributed by atoms with E-state index in [0.29, 0.717) is 12.7 Å². The zero-order valence-corrected chi connectivity index (χ0v) is 11.8. The smallest absolute Gasteiger partial charge is 0.550 e. The molecule has 0 aliphatic carbocycles. The Morgan fingerprint density at radius 1 is 1.33 bits per heavy atom. The standard InChI is InChI=1S/C11H12O3.K/c12-7-6-10(11(13)14)8-9-4-2-1-3-5-9;/h1-5,7,10H,6,8H2,(H,13,14);/q;+1/p-1/t10-;/m1./s1. The Morgan fingerprint density at radius 2 is 1.93 bits per heavy atom. The minimum Gasteiger partial charge on any atom is -0.550 e. The molecule has 4 heteroatoms. The summed E-state index contributed by atoms with van der Waals surface area (Å²) in [6.45, 7) is 0. The summed E-state index contributed by atoms with van der Waals surface area (Å²) in [5.41, 5.74) is 0.906. The fourth-order valence-corrected chi connectivity index (χ4v) is 1.28. The average molecular weight is 230 g/mol. The van der Waals surface area contributed by atoms with Crippen molar-refractivity contribution >= 4 is 12.3 Å². The van der Waals surface area contributed by atoms with Crippen molar-refractivity contribution in [1.29, 1.82) is 0 Å². The molecule has 0 N–H and O–H groups in total. The maximum Gasteiger partial charge on any atom is 1.00 e. The van der Waals surface area contributed by atoms with Gasteiger partial charge in [0.05, 0.1) is 0 Å². The Morgan fingerprint density at radius 3 is 2.40 bits per heavy atom. The van der Waals surface area contributed by atoms with E-state index in [-0.39, 0.29) is 57.8 Å². The van der Waals surface area contributed by atoms with Gasteiger partial charge >= 0.3 is 51.4 Å². The zero-order valence-electron chi connectivity index (χ0n) is 8.68. The van der Waals surface area contributed by atoms with Crippen LogP contribution in [-0.4, -0.2) is 12.3 Å². The number of carbonyl (C=O) groups excluding carboxylic acids is 2.